The molecule has 32 heavy (non-hydrogen) atoms. The van der Waals surface area contributed by atoms with E-state index in [1.54, 1.807) is 31.2 Å². The molecule has 1 aliphatic heterocycles. The minimum absolute atomic E-state index is 0.167. The van der Waals surface area contributed by atoms with Crippen molar-refractivity contribution in [3.8, 4) is 5.75 Å². The van der Waals surface area contributed by atoms with Gasteiger partial charge in [-0.25, -0.2) is 4.39 Å². The molecule has 1 heterocycles. The number of rotatable bonds is 8. The molecule has 8 heteroatoms. The standard InChI is InChI=1S/C24H34FN5O2/c1-26-24(27-16-18-5-10-22(29(2)3)21(25)15-18)28-17-23(30-11-13-32-14-12-30)19-6-8-20(31-4)9-7-19/h5-10,15,23H,11-14,16-17H2,1-4H3,(H2,26,27,28). The van der Waals surface area contributed by atoms with Crippen molar-refractivity contribution < 1.29 is 13.9 Å². The van der Waals surface area contributed by atoms with Crippen molar-refractivity contribution in [3.05, 3.63) is 59.4 Å². The van der Waals surface area contributed by atoms with E-state index < -0.39 is 0 Å². The van der Waals surface area contributed by atoms with E-state index in [2.05, 4.69) is 32.7 Å². The van der Waals surface area contributed by atoms with Gasteiger partial charge in [0.1, 0.15) is 11.6 Å². The Hall–Kier alpha value is -2.84. The van der Waals surface area contributed by atoms with Crippen molar-refractivity contribution in [1.29, 1.82) is 0 Å². The highest BCUT2D eigenvalue weighted by Crippen LogP contribution is 2.24. The number of hydrogen-bond acceptors (Lipinski definition) is 5. The molecule has 2 aromatic rings. The summed E-state index contributed by atoms with van der Waals surface area (Å²) in [6.45, 7) is 4.38. The van der Waals surface area contributed by atoms with Gasteiger partial charge in [0, 0.05) is 47.3 Å². The van der Waals surface area contributed by atoms with Crippen LogP contribution in [0.5, 0.6) is 5.75 Å². The number of methoxy groups -OCH3 is 1. The topological polar surface area (TPSA) is 61.4 Å². The van der Waals surface area contributed by atoms with Crippen LogP contribution in [0.4, 0.5) is 10.1 Å². The lowest BCUT2D eigenvalue weighted by atomic mass is 10.0. The predicted octanol–water partition coefficient (Wildman–Crippen LogP) is 2.64. The molecule has 1 atom stereocenters. The average molecular weight is 444 g/mol. The highest BCUT2D eigenvalue weighted by atomic mass is 19.1. The van der Waals surface area contributed by atoms with Gasteiger partial charge in [-0.15, -0.1) is 0 Å². The van der Waals surface area contributed by atoms with Gasteiger partial charge in [0.05, 0.1) is 32.1 Å². The van der Waals surface area contributed by atoms with Gasteiger partial charge in [-0.3, -0.25) is 9.89 Å². The van der Waals surface area contributed by atoms with Crippen LogP contribution in [0.2, 0.25) is 0 Å². The lowest BCUT2D eigenvalue weighted by Crippen LogP contribution is -2.46. The van der Waals surface area contributed by atoms with Gasteiger partial charge in [0.2, 0.25) is 0 Å². The largest absolute Gasteiger partial charge is 0.497 e. The van der Waals surface area contributed by atoms with E-state index in [1.807, 2.05) is 32.3 Å². The molecule has 0 bridgehead atoms. The van der Waals surface area contributed by atoms with Gasteiger partial charge >= 0.3 is 0 Å². The number of aliphatic imine (C=N–C) groups is 1. The fourth-order valence-corrected chi connectivity index (χ4v) is 3.80. The highest BCUT2D eigenvalue weighted by Gasteiger charge is 2.23. The van der Waals surface area contributed by atoms with Crippen LogP contribution in [0, 0.1) is 5.82 Å². The van der Waals surface area contributed by atoms with Crippen molar-refractivity contribution in [2.24, 2.45) is 4.99 Å². The average Bonchev–Trinajstić information content (AvgIpc) is 2.82. The van der Waals surface area contributed by atoms with Crippen LogP contribution in [0.1, 0.15) is 17.2 Å². The Balaban J connectivity index is 1.63. The Morgan fingerprint density at radius 2 is 1.88 bits per heavy atom. The summed E-state index contributed by atoms with van der Waals surface area (Å²) in [4.78, 5) is 8.52. The molecule has 1 aliphatic rings. The van der Waals surface area contributed by atoms with Crippen molar-refractivity contribution >= 4 is 11.6 Å². The van der Waals surface area contributed by atoms with Gasteiger partial charge < -0.3 is 25.0 Å². The van der Waals surface area contributed by atoms with Crippen molar-refractivity contribution in [2.45, 2.75) is 12.6 Å². The molecule has 1 saturated heterocycles. The fraction of sp³-hybridized carbons (Fsp3) is 0.458. The van der Waals surface area contributed by atoms with Crippen LogP contribution < -0.4 is 20.3 Å². The van der Waals surface area contributed by atoms with E-state index in [-0.39, 0.29) is 11.9 Å². The number of benzene rings is 2. The Morgan fingerprint density at radius 3 is 2.47 bits per heavy atom. The molecule has 2 aromatic carbocycles. The summed E-state index contributed by atoms with van der Waals surface area (Å²) < 4.78 is 25.1. The second-order valence-corrected chi connectivity index (χ2v) is 7.92. The van der Waals surface area contributed by atoms with Gasteiger partial charge in [-0.1, -0.05) is 18.2 Å². The molecule has 0 aromatic heterocycles. The monoisotopic (exact) mass is 443 g/mol. The van der Waals surface area contributed by atoms with E-state index in [0.29, 0.717) is 24.7 Å². The summed E-state index contributed by atoms with van der Waals surface area (Å²) in [5, 5.41) is 6.72. The molecule has 2 N–H and O–H groups in total. The van der Waals surface area contributed by atoms with Gasteiger partial charge in [0.25, 0.3) is 0 Å². The van der Waals surface area contributed by atoms with Crippen LogP contribution in [0.3, 0.4) is 0 Å². The first-order valence-electron chi connectivity index (χ1n) is 10.9. The molecule has 0 saturated carbocycles. The van der Waals surface area contributed by atoms with E-state index in [1.165, 1.54) is 5.56 Å². The number of halogens is 1. The van der Waals surface area contributed by atoms with Gasteiger partial charge in [0.15, 0.2) is 5.96 Å². The van der Waals surface area contributed by atoms with E-state index >= 15 is 0 Å². The summed E-state index contributed by atoms with van der Waals surface area (Å²) in [5.74, 6) is 1.28. The maximum atomic E-state index is 14.3. The van der Waals surface area contributed by atoms with E-state index in [0.717, 1.165) is 37.6 Å². The molecule has 7 nitrogen and oxygen atoms in total. The molecule has 3 rings (SSSR count). The summed E-state index contributed by atoms with van der Waals surface area (Å²) in [7, 11) is 7.07. The summed E-state index contributed by atoms with van der Waals surface area (Å²) in [5.41, 5.74) is 2.64. The first-order valence-corrected chi connectivity index (χ1v) is 10.9. The number of ether oxygens (including phenoxy) is 2. The van der Waals surface area contributed by atoms with Crippen LogP contribution >= 0.6 is 0 Å². The van der Waals surface area contributed by atoms with Crippen molar-refractivity contribution in [1.82, 2.24) is 15.5 Å². The summed E-state index contributed by atoms with van der Waals surface area (Å²) in [6.07, 6.45) is 0. The number of morpholine rings is 1. The highest BCUT2D eigenvalue weighted by molar-refractivity contribution is 5.79. The first kappa shape index (κ1) is 23.8. The minimum Gasteiger partial charge on any atom is -0.497 e. The SMILES string of the molecule is CN=C(NCc1ccc(N(C)C)c(F)c1)NCC(c1ccc(OC)cc1)N1CCOCC1. The zero-order chi connectivity index (χ0) is 22.9. The van der Waals surface area contributed by atoms with Crippen LogP contribution in [-0.2, 0) is 11.3 Å². The Kier molecular flexibility index (Phi) is 8.70. The lowest BCUT2D eigenvalue weighted by molar-refractivity contribution is 0.0170. The van der Waals surface area contributed by atoms with E-state index in [4.69, 9.17) is 9.47 Å². The smallest absolute Gasteiger partial charge is 0.191 e. The third-order valence-corrected chi connectivity index (χ3v) is 5.63. The fourth-order valence-electron chi connectivity index (χ4n) is 3.80. The molecule has 1 fully saturated rings. The van der Waals surface area contributed by atoms with Crippen LogP contribution in [0.15, 0.2) is 47.5 Å². The predicted molar refractivity (Wildman–Crippen MR) is 127 cm³/mol. The zero-order valence-corrected chi connectivity index (χ0v) is 19.4. The molecule has 0 amide bonds. The van der Waals surface area contributed by atoms with Crippen LogP contribution in [-0.4, -0.2) is 72.0 Å². The second-order valence-electron chi connectivity index (χ2n) is 7.92. The molecule has 0 spiro atoms. The maximum Gasteiger partial charge on any atom is 0.191 e. The molecule has 0 radical (unpaired) electrons. The normalized spacial score (nSPS) is 15.8. The summed E-state index contributed by atoms with van der Waals surface area (Å²) >= 11 is 0. The Bertz CT molecular complexity index is 882. The minimum atomic E-state index is -0.232. The third kappa shape index (κ3) is 6.34. The number of anilines is 1. The Labute approximate surface area is 190 Å². The lowest BCUT2D eigenvalue weighted by Gasteiger charge is -2.35. The first-order chi connectivity index (χ1) is 15.5. The molecule has 1 unspecified atom stereocenters. The number of nitrogens with zero attached hydrogens (tertiary/aromatic N) is 3. The van der Waals surface area contributed by atoms with Crippen LogP contribution in [0.25, 0.3) is 0 Å². The zero-order valence-electron chi connectivity index (χ0n) is 19.4. The number of nitrogens with one attached hydrogen (secondary N) is 2. The second kappa shape index (κ2) is 11.7. The van der Waals surface area contributed by atoms with Crippen molar-refractivity contribution in [2.75, 3.05) is 66.0 Å². The molecular weight excluding hydrogens is 409 g/mol. The third-order valence-electron chi connectivity index (χ3n) is 5.63. The quantitative estimate of drug-likeness (QED) is 0.483. The van der Waals surface area contributed by atoms with Gasteiger partial charge in [-0.05, 0) is 35.4 Å². The Morgan fingerprint density at radius 1 is 1.16 bits per heavy atom. The summed E-state index contributed by atoms with van der Waals surface area (Å²) in [6, 6.07) is 13.6. The van der Waals surface area contributed by atoms with E-state index in [9.17, 15) is 4.39 Å². The molecule has 0 aliphatic carbocycles. The van der Waals surface area contributed by atoms with Gasteiger partial charge in [-0.2, -0.15) is 0 Å². The molecule has 174 valence electrons. The number of hydrogen-bond donors (Lipinski definition) is 2. The maximum absolute atomic E-state index is 14.3. The number of guanidine groups is 1. The molecular formula is C24H34FN5O2. The van der Waals surface area contributed by atoms with Crippen molar-refractivity contribution in [3.63, 3.8) is 0 Å².